The predicted molar refractivity (Wildman–Crippen MR) is 58.8 cm³/mol. The zero-order valence-corrected chi connectivity index (χ0v) is 9.50. The Labute approximate surface area is 104 Å². The molecule has 0 radical (unpaired) electrons. The summed E-state index contributed by atoms with van der Waals surface area (Å²) in [5, 5.41) is 12.5. The van der Waals surface area contributed by atoms with Gasteiger partial charge in [0.2, 0.25) is 6.41 Å². The van der Waals surface area contributed by atoms with Crippen molar-refractivity contribution < 1.29 is 24.2 Å². The highest BCUT2D eigenvalue weighted by Gasteiger charge is 2.15. The summed E-state index contributed by atoms with van der Waals surface area (Å²) in [6.45, 7) is 0.0561. The first-order valence-electron chi connectivity index (χ1n) is 5.23. The summed E-state index contributed by atoms with van der Waals surface area (Å²) in [5.41, 5.74) is 0.791. The number of ether oxygens (including phenoxy) is 1. The van der Waals surface area contributed by atoms with E-state index in [1.807, 2.05) is 11.4 Å². The minimum atomic E-state index is -1.53. The first kappa shape index (κ1) is 13.7. The van der Waals surface area contributed by atoms with Gasteiger partial charge in [0.15, 0.2) is 0 Å². The van der Waals surface area contributed by atoms with E-state index in [1.54, 1.807) is 24.3 Å². The molecule has 1 rings (SSSR count). The average Bonchev–Trinajstić information content (AvgIpc) is 2.37. The molecule has 6 nitrogen and oxygen atoms in total. The number of benzene rings is 1. The van der Waals surface area contributed by atoms with Crippen molar-refractivity contribution in [3.8, 4) is 0 Å². The van der Waals surface area contributed by atoms with E-state index in [2.05, 4.69) is 0 Å². The van der Waals surface area contributed by atoms with E-state index >= 15 is 0 Å². The molecule has 0 aliphatic carbocycles. The van der Waals surface area contributed by atoms with Gasteiger partial charge in [-0.05, 0) is 5.56 Å². The Kier molecular flexibility index (Phi) is 5.37. The van der Waals surface area contributed by atoms with Crippen molar-refractivity contribution in [1.29, 1.82) is 0 Å². The summed E-state index contributed by atoms with van der Waals surface area (Å²) < 4.78 is 4.87. The second-order valence-corrected chi connectivity index (χ2v) is 3.51. The third kappa shape index (κ3) is 4.65. The van der Waals surface area contributed by atoms with Crippen molar-refractivity contribution >= 4 is 18.3 Å². The van der Waals surface area contributed by atoms with Crippen LogP contribution in [0.4, 0.5) is 0 Å². The Hall–Kier alpha value is -2.37. The molecule has 0 heterocycles. The third-order valence-electron chi connectivity index (χ3n) is 2.17. The van der Waals surface area contributed by atoms with Crippen LogP contribution in [0.5, 0.6) is 0 Å². The van der Waals surface area contributed by atoms with E-state index in [0.29, 0.717) is 0 Å². The minimum absolute atomic E-state index is 0.0561. The summed E-state index contributed by atoms with van der Waals surface area (Å²) in [6.07, 6.45) is -0.265. The van der Waals surface area contributed by atoms with Gasteiger partial charge in [0.1, 0.15) is 6.61 Å². The van der Waals surface area contributed by atoms with Gasteiger partial charge in [0.25, 0.3) is 0 Å². The molecule has 0 saturated carbocycles. The number of amides is 1. The molecule has 1 amide bonds. The number of nitrogens with one attached hydrogen (secondary N) is 1. The standard InChI is InChI=1S/C12H13NO5/c14-8-13-10(12(16)17)6-11(15)18-7-9-4-2-1-3-5-9/h1-5,8,10H,6-7H2,(H,13,14)(H,16,17)/p-1. The van der Waals surface area contributed by atoms with Crippen LogP contribution >= 0.6 is 0 Å². The first-order valence-corrected chi connectivity index (χ1v) is 5.23. The maximum atomic E-state index is 11.3. The van der Waals surface area contributed by atoms with E-state index in [-0.39, 0.29) is 13.0 Å². The molecule has 0 fully saturated rings. The predicted octanol–water partition coefficient (Wildman–Crippen LogP) is -1.02. The van der Waals surface area contributed by atoms with E-state index in [9.17, 15) is 19.5 Å². The van der Waals surface area contributed by atoms with Crippen LogP contribution in [-0.4, -0.2) is 24.4 Å². The summed E-state index contributed by atoms with van der Waals surface area (Å²) in [4.78, 5) is 32.0. The maximum absolute atomic E-state index is 11.3. The van der Waals surface area contributed by atoms with Gasteiger partial charge in [-0.25, -0.2) is 0 Å². The van der Waals surface area contributed by atoms with E-state index < -0.39 is 24.4 Å². The van der Waals surface area contributed by atoms with Crippen LogP contribution in [0.3, 0.4) is 0 Å². The zero-order valence-electron chi connectivity index (χ0n) is 9.50. The topological polar surface area (TPSA) is 95.5 Å². The van der Waals surface area contributed by atoms with Crippen molar-refractivity contribution in [3.63, 3.8) is 0 Å². The van der Waals surface area contributed by atoms with Crippen molar-refractivity contribution in [1.82, 2.24) is 5.32 Å². The van der Waals surface area contributed by atoms with Gasteiger partial charge in [-0.3, -0.25) is 9.59 Å². The van der Waals surface area contributed by atoms with Crippen LogP contribution < -0.4 is 10.4 Å². The second kappa shape index (κ2) is 7.05. The quantitative estimate of drug-likeness (QED) is 0.494. The Morgan fingerprint density at radius 2 is 2.00 bits per heavy atom. The number of hydrogen-bond acceptors (Lipinski definition) is 5. The monoisotopic (exact) mass is 250 g/mol. The van der Waals surface area contributed by atoms with Gasteiger partial charge >= 0.3 is 5.97 Å². The third-order valence-corrected chi connectivity index (χ3v) is 2.17. The lowest BCUT2D eigenvalue weighted by Gasteiger charge is -2.15. The number of esters is 1. The van der Waals surface area contributed by atoms with Gasteiger partial charge in [-0.15, -0.1) is 0 Å². The highest BCUT2D eigenvalue weighted by molar-refractivity contribution is 5.81. The SMILES string of the molecule is O=CNC(CC(=O)OCc1ccccc1)C(=O)[O-]. The number of hydrogen-bond donors (Lipinski definition) is 1. The molecule has 1 N–H and O–H groups in total. The number of carboxylic acids is 1. The van der Waals surface area contributed by atoms with E-state index in [1.165, 1.54) is 0 Å². The van der Waals surface area contributed by atoms with E-state index in [0.717, 1.165) is 5.56 Å². The molecule has 1 aromatic carbocycles. The fourth-order valence-electron chi connectivity index (χ4n) is 1.26. The molecule has 1 unspecified atom stereocenters. The van der Waals surface area contributed by atoms with Gasteiger partial charge in [-0.1, -0.05) is 30.3 Å². The molecule has 1 atom stereocenters. The normalized spacial score (nSPS) is 11.3. The second-order valence-electron chi connectivity index (χ2n) is 3.51. The lowest BCUT2D eigenvalue weighted by atomic mass is 10.2. The fourth-order valence-corrected chi connectivity index (χ4v) is 1.26. The van der Waals surface area contributed by atoms with Crippen LogP contribution in [0, 0.1) is 0 Å². The molecular formula is C12H12NO5-. The molecule has 6 heteroatoms. The molecular weight excluding hydrogens is 238 g/mol. The summed E-state index contributed by atoms with van der Waals surface area (Å²) >= 11 is 0. The Balaban J connectivity index is 2.41. The molecule has 0 aliphatic rings. The molecule has 0 aromatic heterocycles. The smallest absolute Gasteiger partial charge is 0.308 e. The first-order chi connectivity index (χ1) is 8.63. The van der Waals surface area contributed by atoms with Gasteiger partial charge in [-0.2, -0.15) is 0 Å². The average molecular weight is 250 g/mol. The molecule has 0 bridgehead atoms. The Morgan fingerprint density at radius 3 is 2.56 bits per heavy atom. The Bertz CT molecular complexity index is 418. The van der Waals surface area contributed by atoms with E-state index in [4.69, 9.17) is 4.74 Å². The number of aliphatic carboxylic acids is 1. The summed E-state index contributed by atoms with van der Waals surface area (Å²) in [7, 11) is 0. The number of carboxylic acid groups (broad SMARTS) is 1. The molecule has 96 valence electrons. The molecule has 0 aliphatic heterocycles. The highest BCUT2D eigenvalue weighted by Crippen LogP contribution is 2.02. The van der Waals surface area contributed by atoms with Crippen molar-refractivity contribution in [2.24, 2.45) is 0 Å². The Morgan fingerprint density at radius 1 is 1.33 bits per heavy atom. The molecule has 1 aromatic rings. The molecule has 0 saturated heterocycles. The number of carbonyl (C=O) groups is 3. The number of carbonyl (C=O) groups excluding carboxylic acids is 3. The number of rotatable bonds is 7. The van der Waals surface area contributed by atoms with Crippen molar-refractivity contribution in [2.75, 3.05) is 0 Å². The van der Waals surface area contributed by atoms with Gasteiger partial charge in [0, 0.05) is 0 Å². The highest BCUT2D eigenvalue weighted by atomic mass is 16.5. The van der Waals surface area contributed by atoms with Crippen LogP contribution in [-0.2, 0) is 25.7 Å². The molecule has 18 heavy (non-hydrogen) atoms. The van der Waals surface area contributed by atoms with Crippen LogP contribution in [0.2, 0.25) is 0 Å². The summed E-state index contributed by atoms with van der Waals surface area (Å²) in [5.74, 6) is -2.25. The van der Waals surface area contributed by atoms with Crippen LogP contribution in [0.25, 0.3) is 0 Å². The zero-order chi connectivity index (χ0) is 13.4. The van der Waals surface area contributed by atoms with Crippen molar-refractivity contribution in [3.05, 3.63) is 35.9 Å². The lowest BCUT2D eigenvalue weighted by molar-refractivity contribution is -0.308. The minimum Gasteiger partial charge on any atom is -0.548 e. The van der Waals surface area contributed by atoms with Gasteiger partial charge < -0.3 is 20.0 Å². The molecule has 0 spiro atoms. The van der Waals surface area contributed by atoms with Gasteiger partial charge in [0.05, 0.1) is 18.4 Å². The lowest BCUT2D eigenvalue weighted by Crippen LogP contribution is -2.46. The summed E-state index contributed by atoms with van der Waals surface area (Å²) in [6, 6.07) is 7.58. The van der Waals surface area contributed by atoms with Crippen LogP contribution in [0.15, 0.2) is 30.3 Å². The van der Waals surface area contributed by atoms with Crippen molar-refractivity contribution in [2.45, 2.75) is 19.1 Å². The fraction of sp³-hybridized carbons (Fsp3) is 0.250. The maximum Gasteiger partial charge on any atom is 0.308 e. The largest absolute Gasteiger partial charge is 0.548 e. The van der Waals surface area contributed by atoms with Crippen LogP contribution in [0.1, 0.15) is 12.0 Å².